The fraction of sp³-hybridized carbons (Fsp3) is 0.133. The smallest absolute Gasteiger partial charge is 0.0994 e. The predicted octanol–water partition coefficient (Wildman–Crippen LogP) is 4.24. The van der Waals surface area contributed by atoms with Gasteiger partial charge < -0.3 is 5.32 Å². The van der Waals surface area contributed by atoms with Gasteiger partial charge in [-0.15, -0.1) is 0 Å². The summed E-state index contributed by atoms with van der Waals surface area (Å²) >= 11 is 3.42. The van der Waals surface area contributed by atoms with E-state index < -0.39 is 0 Å². The number of halogens is 1. The van der Waals surface area contributed by atoms with Crippen molar-refractivity contribution in [1.82, 2.24) is 0 Å². The number of aryl methyl sites for hydroxylation is 1. The van der Waals surface area contributed by atoms with Crippen LogP contribution in [0.1, 0.15) is 16.7 Å². The van der Waals surface area contributed by atoms with Gasteiger partial charge in [0.2, 0.25) is 0 Å². The summed E-state index contributed by atoms with van der Waals surface area (Å²) < 4.78 is 1.08. The van der Waals surface area contributed by atoms with E-state index in [9.17, 15) is 0 Å². The Balaban J connectivity index is 2.04. The molecule has 2 aromatic carbocycles. The number of hydrogen-bond acceptors (Lipinski definition) is 2. The molecule has 0 unspecified atom stereocenters. The van der Waals surface area contributed by atoms with E-state index in [2.05, 4.69) is 39.4 Å². The first-order valence-electron chi connectivity index (χ1n) is 5.68. The van der Waals surface area contributed by atoms with E-state index >= 15 is 0 Å². The third-order valence-electron chi connectivity index (χ3n) is 2.76. The summed E-state index contributed by atoms with van der Waals surface area (Å²) in [5.74, 6) is 0. The van der Waals surface area contributed by atoms with Crippen LogP contribution < -0.4 is 5.32 Å². The molecule has 0 aliphatic carbocycles. The largest absolute Gasteiger partial charge is 0.381 e. The summed E-state index contributed by atoms with van der Waals surface area (Å²) in [5, 5.41) is 12.2. The van der Waals surface area contributed by atoms with Gasteiger partial charge in [0.1, 0.15) is 0 Å². The van der Waals surface area contributed by atoms with Crippen molar-refractivity contribution in [3.63, 3.8) is 0 Å². The maximum atomic E-state index is 8.87. The van der Waals surface area contributed by atoms with Crippen molar-refractivity contribution in [2.24, 2.45) is 0 Å². The van der Waals surface area contributed by atoms with Crippen LogP contribution in [0, 0.1) is 18.3 Å². The van der Waals surface area contributed by atoms with Crippen molar-refractivity contribution in [1.29, 1.82) is 5.26 Å². The molecule has 0 fully saturated rings. The van der Waals surface area contributed by atoms with Crippen LogP contribution in [0.2, 0.25) is 0 Å². The minimum atomic E-state index is 0.726. The Labute approximate surface area is 115 Å². The fourth-order valence-corrected chi connectivity index (χ4v) is 1.97. The molecule has 18 heavy (non-hydrogen) atoms. The van der Waals surface area contributed by atoms with E-state index in [1.165, 1.54) is 5.56 Å². The van der Waals surface area contributed by atoms with Gasteiger partial charge in [-0.2, -0.15) is 5.26 Å². The van der Waals surface area contributed by atoms with Crippen molar-refractivity contribution in [2.45, 2.75) is 13.5 Å². The molecule has 0 radical (unpaired) electrons. The number of rotatable bonds is 3. The van der Waals surface area contributed by atoms with Gasteiger partial charge >= 0.3 is 0 Å². The van der Waals surface area contributed by atoms with E-state index in [4.69, 9.17) is 5.26 Å². The zero-order valence-corrected chi connectivity index (χ0v) is 11.7. The molecule has 2 rings (SSSR count). The second kappa shape index (κ2) is 5.70. The minimum Gasteiger partial charge on any atom is -0.381 e. The summed E-state index contributed by atoms with van der Waals surface area (Å²) in [6.45, 7) is 2.72. The molecular weight excluding hydrogens is 288 g/mol. The van der Waals surface area contributed by atoms with Gasteiger partial charge in [-0.05, 0) is 48.4 Å². The lowest BCUT2D eigenvalue weighted by Gasteiger charge is -2.08. The Bertz CT molecular complexity index is 582. The van der Waals surface area contributed by atoms with Crippen molar-refractivity contribution in [2.75, 3.05) is 5.32 Å². The summed E-state index contributed by atoms with van der Waals surface area (Å²) in [7, 11) is 0. The average molecular weight is 301 g/mol. The number of nitrogens with zero attached hydrogens (tertiary/aromatic N) is 1. The van der Waals surface area contributed by atoms with Crippen LogP contribution in [-0.2, 0) is 6.54 Å². The Morgan fingerprint density at radius 1 is 1.17 bits per heavy atom. The van der Waals surface area contributed by atoms with Crippen LogP contribution >= 0.6 is 15.9 Å². The maximum Gasteiger partial charge on any atom is 0.0994 e. The second-order valence-electron chi connectivity index (χ2n) is 4.12. The summed E-state index contributed by atoms with van der Waals surface area (Å²) in [6, 6.07) is 16.2. The number of nitrogens with one attached hydrogen (secondary N) is 1. The Morgan fingerprint density at radius 3 is 2.50 bits per heavy atom. The van der Waals surface area contributed by atoms with Crippen LogP contribution in [0.3, 0.4) is 0 Å². The number of benzene rings is 2. The van der Waals surface area contributed by atoms with Crippen LogP contribution in [0.4, 0.5) is 5.69 Å². The monoisotopic (exact) mass is 300 g/mol. The first-order valence-corrected chi connectivity index (χ1v) is 6.47. The quantitative estimate of drug-likeness (QED) is 0.920. The maximum absolute atomic E-state index is 8.87. The van der Waals surface area contributed by atoms with Crippen LogP contribution in [0.5, 0.6) is 0 Å². The van der Waals surface area contributed by atoms with Crippen LogP contribution in [0.15, 0.2) is 46.9 Å². The lowest BCUT2D eigenvalue weighted by Crippen LogP contribution is -1.99. The number of anilines is 1. The van der Waals surface area contributed by atoms with Crippen LogP contribution in [-0.4, -0.2) is 0 Å². The molecule has 2 nitrogen and oxygen atoms in total. The highest BCUT2D eigenvalue weighted by Crippen LogP contribution is 2.16. The topological polar surface area (TPSA) is 35.8 Å². The molecule has 0 saturated carbocycles. The van der Waals surface area contributed by atoms with Gasteiger partial charge in [-0.25, -0.2) is 0 Å². The van der Waals surface area contributed by atoms with Gasteiger partial charge in [0.25, 0.3) is 0 Å². The standard InChI is InChI=1S/C15H13BrN2/c1-11-8-15(7-4-13(11)9-17)18-10-12-2-5-14(16)6-3-12/h2-8,18H,10H2,1H3. The Hall–Kier alpha value is -1.79. The molecule has 3 heteroatoms. The molecule has 0 atom stereocenters. The molecule has 2 aromatic rings. The average Bonchev–Trinajstić information content (AvgIpc) is 2.38. The molecule has 1 N–H and O–H groups in total. The molecule has 0 aliphatic heterocycles. The van der Waals surface area contributed by atoms with Crippen molar-refractivity contribution in [3.8, 4) is 6.07 Å². The van der Waals surface area contributed by atoms with Gasteiger partial charge in [0.15, 0.2) is 0 Å². The molecule has 0 spiro atoms. The molecule has 0 heterocycles. The van der Waals surface area contributed by atoms with Crippen molar-refractivity contribution < 1.29 is 0 Å². The Kier molecular flexibility index (Phi) is 4.01. The number of hydrogen-bond donors (Lipinski definition) is 1. The number of nitriles is 1. The minimum absolute atomic E-state index is 0.726. The van der Waals surface area contributed by atoms with E-state index in [0.29, 0.717) is 0 Å². The summed E-state index contributed by atoms with van der Waals surface area (Å²) in [5.41, 5.74) is 3.98. The highest BCUT2D eigenvalue weighted by Gasteiger charge is 1.99. The van der Waals surface area contributed by atoms with E-state index in [0.717, 1.165) is 27.8 Å². The third kappa shape index (κ3) is 3.12. The highest BCUT2D eigenvalue weighted by atomic mass is 79.9. The third-order valence-corrected chi connectivity index (χ3v) is 3.29. The SMILES string of the molecule is Cc1cc(NCc2ccc(Br)cc2)ccc1C#N. The van der Waals surface area contributed by atoms with Gasteiger partial charge in [0, 0.05) is 16.7 Å². The zero-order chi connectivity index (χ0) is 13.0. The lowest BCUT2D eigenvalue weighted by atomic mass is 10.1. The first-order chi connectivity index (χ1) is 8.69. The second-order valence-corrected chi connectivity index (χ2v) is 5.04. The van der Waals surface area contributed by atoms with Crippen molar-refractivity contribution >= 4 is 21.6 Å². The molecule has 0 bridgehead atoms. The van der Waals surface area contributed by atoms with Gasteiger partial charge in [0.05, 0.1) is 11.6 Å². The molecule has 90 valence electrons. The van der Waals surface area contributed by atoms with Gasteiger partial charge in [-0.1, -0.05) is 28.1 Å². The van der Waals surface area contributed by atoms with Gasteiger partial charge in [-0.3, -0.25) is 0 Å². The first kappa shape index (κ1) is 12.7. The summed E-state index contributed by atoms with van der Waals surface area (Å²) in [4.78, 5) is 0. The predicted molar refractivity (Wildman–Crippen MR) is 77.4 cm³/mol. The van der Waals surface area contributed by atoms with E-state index in [1.807, 2.05) is 37.3 Å². The molecule has 0 saturated heterocycles. The van der Waals surface area contributed by atoms with Crippen molar-refractivity contribution in [3.05, 3.63) is 63.6 Å². The zero-order valence-electron chi connectivity index (χ0n) is 10.1. The molecule has 0 aliphatic rings. The molecule has 0 aromatic heterocycles. The molecular formula is C15H13BrN2. The molecule has 0 amide bonds. The van der Waals surface area contributed by atoms with E-state index in [1.54, 1.807) is 0 Å². The fourth-order valence-electron chi connectivity index (χ4n) is 1.71. The lowest BCUT2D eigenvalue weighted by molar-refractivity contribution is 1.14. The van der Waals surface area contributed by atoms with Crippen LogP contribution in [0.25, 0.3) is 0 Å². The Morgan fingerprint density at radius 2 is 1.89 bits per heavy atom. The normalized spacial score (nSPS) is 9.83. The highest BCUT2D eigenvalue weighted by molar-refractivity contribution is 9.10. The summed E-state index contributed by atoms with van der Waals surface area (Å²) in [6.07, 6.45) is 0. The van der Waals surface area contributed by atoms with E-state index in [-0.39, 0.29) is 0 Å².